The predicted octanol–water partition coefficient (Wildman–Crippen LogP) is 14.6. The van der Waals surface area contributed by atoms with Crippen LogP contribution >= 0.6 is 0 Å². The van der Waals surface area contributed by atoms with Gasteiger partial charge in [0, 0.05) is 28.5 Å². The molecular formula is C53H35N3. The third-order valence-electron chi connectivity index (χ3n) is 11.2. The van der Waals surface area contributed by atoms with Crippen molar-refractivity contribution in [3.8, 4) is 22.3 Å². The summed E-state index contributed by atoms with van der Waals surface area (Å²) >= 11 is 0. The molecule has 0 saturated heterocycles. The molecule has 3 heterocycles. The Morgan fingerprint density at radius 2 is 0.750 bits per heavy atom. The quantitative estimate of drug-likeness (QED) is 0.169. The lowest BCUT2D eigenvalue weighted by atomic mass is 9.87. The van der Waals surface area contributed by atoms with E-state index in [4.69, 9.17) is 4.98 Å². The fourth-order valence-corrected chi connectivity index (χ4v) is 8.66. The molecule has 3 nitrogen and oxygen atoms in total. The summed E-state index contributed by atoms with van der Waals surface area (Å²) in [6, 6.07) is 65.6. The van der Waals surface area contributed by atoms with E-state index in [2.05, 4.69) is 216 Å². The van der Waals surface area contributed by atoms with Crippen LogP contribution in [-0.4, -0.2) is 4.98 Å². The van der Waals surface area contributed by atoms with Crippen molar-refractivity contribution in [2.24, 2.45) is 0 Å². The molecule has 0 N–H and O–H groups in total. The van der Waals surface area contributed by atoms with Crippen molar-refractivity contribution in [1.29, 1.82) is 0 Å². The minimum absolute atomic E-state index is 0.983. The molecule has 3 heteroatoms. The van der Waals surface area contributed by atoms with Crippen LogP contribution in [0.25, 0.3) is 68.2 Å². The van der Waals surface area contributed by atoms with Gasteiger partial charge in [0.25, 0.3) is 0 Å². The SMILES string of the molecule is C1=Cc2ccc(-c3c4ccccc4c(-c4ccc5c(c4)N(c4ccccc4)c4ccccc4C=C5)c4ncccc34)cc2N(c2ccccc2)c2ccccc21. The fraction of sp³-hybridized carbons (Fsp3) is 0. The van der Waals surface area contributed by atoms with Crippen LogP contribution in [0.5, 0.6) is 0 Å². The number of hydrogen-bond donors (Lipinski definition) is 0. The van der Waals surface area contributed by atoms with Crippen molar-refractivity contribution in [1.82, 2.24) is 4.98 Å². The van der Waals surface area contributed by atoms with E-state index in [-0.39, 0.29) is 0 Å². The summed E-state index contributed by atoms with van der Waals surface area (Å²) in [5, 5.41) is 3.49. The van der Waals surface area contributed by atoms with Gasteiger partial charge in [-0.1, -0.05) is 152 Å². The standard InChI is InChI=1S/C53H35N3/c1-3-16-42(17-4-1)55-47-23-11-7-14-36(47)25-27-38-29-31-40(34-49(38)55)51-44-20-9-10-21-45(44)52(53-46(51)22-13-33-54-53)41-32-30-39-28-26-37-15-8-12-24-48(37)56(50(39)35-41)43-18-5-2-6-19-43/h1-35H. The molecule has 0 bridgehead atoms. The highest BCUT2D eigenvalue weighted by molar-refractivity contribution is 6.21. The van der Waals surface area contributed by atoms with Gasteiger partial charge in [-0.15, -0.1) is 0 Å². The average molecular weight is 714 g/mol. The number of rotatable bonds is 4. The molecule has 0 fully saturated rings. The van der Waals surface area contributed by atoms with Crippen molar-refractivity contribution in [3.05, 3.63) is 210 Å². The summed E-state index contributed by atoms with van der Waals surface area (Å²) in [5.41, 5.74) is 17.1. The van der Waals surface area contributed by atoms with Gasteiger partial charge in [0.05, 0.1) is 28.3 Å². The van der Waals surface area contributed by atoms with E-state index >= 15 is 0 Å². The summed E-state index contributed by atoms with van der Waals surface area (Å²) in [6.45, 7) is 0. The van der Waals surface area contributed by atoms with Crippen molar-refractivity contribution in [2.45, 2.75) is 0 Å². The summed E-state index contributed by atoms with van der Waals surface area (Å²) in [7, 11) is 0. The molecule has 11 rings (SSSR count). The first-order valence-electron chi connectivity index (χ1n) is 19.1. The first-order valence-corrected chi connectivity index (χ1v) is 19.1. The average Bonchev–Trinajstić information content (AvgIpc) is 3.53. The highest BCUT2D eigenvalue weighted by Gasteiger charge is 2.25. The number of aromatic nitrogens is 1. The number of hydrogen-bond acceptors (Lipinski definition) is 3. The van der Waals surface area contributed by atoms with E-state index in [0.29, 0.717) is 0 Å². The second-order valence-corrected chi connectivity index (χ2v) is 14.4. The number of anilines is 6. The van der Waals surface area contributed by atoms with Gasteiger partial charge in [0.15, 0.2) is 0 Å². The predicted molar refractivity (Wildman–Crippen MR) is 237 cm³/mol. The maximum Gasteiger partial charge on any atom is 0.0793 e. The van der Waals surface area contributed by atoms with E-state index < -0.39 is 0 Å². The lowest BCUT2D eigenvalue weighted by Gasteiger charge is -2.28. The molecule has 0 unspecified atom stereocenters. The van der Waals surface area contributed by atoms with Crippen LogP contribution in [0, 0.1) is 0 Å². The zero-order chi connectivity index (χ0) is 37.0. The third kappa shape index (κ3) is 5.17. The number of para-hydroxylation sites is 4. The zero-order valence-electron chi connectivity index (χ0n) is 30.5. The van der Waals surface area contributed by atoms with E-state index in [1.807, 2.05) is 6.20 Å². The minimum atomic E-state index is 0.983. The molecule has 262 valence electrons. The summed E-state index contributed by atoms with van der Waals surface area (Å²) in [6.07, 6.45) is 10.9. The van der Waals surface area contributed by atoms with Crippen LogP contribution in [0.2, 0.25) is 0 Å². The molecule has 0 saturated carbocycles. The Hall–Kier alpha value is -7.49. The number of nitrogens with zero attached hydrogens (tertiary/aromatic N) is 3. The number of pyridine rings is 1. The van der Waals surface area contributed by atoms with Crippen LogP contribution in [-0.2, 0) is 0 Å². The third-order valence-corrected chi connectivity index (χ3v) is 11.2. The van der Waals surface area contributed by atoms with Crippen LogP contribution in [0.15, 0.2) is 188 Å². The van der Waals surface area contributed by atoms with Gasteiger partial charge in [0.1, 0.15) is 0 Å². The maximum absolute atomic E-state index is 5.18. The van der Waals surface area contributed by atoms with Crippen molar-refractivity contribution >= 4 is 80.1 Å². The monoisotopic (exact) mass is 713 g/mol. The normalized spacial score (nSPS) is 12.8. The molecule has 1 aromatic heterocycles. The van der Waals surface area contributed by atoms with Gasteiger partial charge in [-0.3, -0.25) is 4.98 Å². The smallest absolute Gasteiger partial charge is 0.0793 e. The van der Waals surface area contributed by atoms with Crippen LogP contribution in [0.3, 0.4) is 0 Å². The van der Waals surface area contributed by atoms with E-state index in [1.54, 1.807) is 0 Å². The molecule has 2 aliphatic heterocycles. The van der Waals surface area contributed by atoms with Crippen LogP contribution in [0.1, 0.15) is 22.3 Å². The Morgan fingerprint density at radius 3 is 1.30 bits per heavy atom. The number of fused-ring (bicyclic) bond motifs is 6. The van der Waals surface area contributed by atoms with Crippen LogP contribution in [0.4, 0.5) is 34.1 Å². The van der Waals surface area contributed by atoms with Crippen molar-refractivity contribution in [3.63, 3.8) is 0 Å². The second-order valence-electron chi connectivity index (χ2n) is 14.4. The Morgan fingerprint density at radius 1 is 0.321 bits per heavy atom. The van der Waals surface area contributed by atoms with Gasteiger partial charge in [0.2, 0.25) is 0 Å². The molecule has 2 aliphatic rings. The molecule has 0 atom stereocenters. The largest absolute Gasteiger partial charge is 0.309 e. The lowest BCUT2D eigenvalue weighted by Crippen LogP contribution is -2.11. The van der Waals surface area contributed by atoms with Gasteiger partial charge in [-0.25, -0.2) is 0 Å². The van der Waals surface area contributed by atoms with Gasteiger partial charge in [-0.05, 0) is 104 Å². The van der Waals surface area contributed by atoms with E-state index in [9.17, 15) is 0 Å². The summed E-state index contributed by atoms with van der Waals surface area (Å²) < 4.78 is 0. The molecule has 8 aromatic carbocycles. The highest BCUT2D eigenvalue weighted by atomic mass is 15.2. The fourth-order valence-electron chi connectivity index (χ4n) is 8.66. The van der Waals surface area contributed by atoms with E-state index in [1.165, 1.54) is 33.0 Å². The number of benzene rings is 8. The highest BCUT2D eigenvalue weighted by Crippen LogP contribution is 2.49. The van der Waals surface area contributed by atoms with Crippen molar-refractivity contribution in [2.75, 3.05) is 9.80 Å². The Bertz CT molecular complexity index is 2770. The zero-order valence-corrected chi connectivity index (χ0v) is 30.5. The van der Waals surface area contributed by atoms with Gasteiger partial charge >= 0.3 is 0 Å². The summed E-state index contributed by atoms with van der Waals surface area (Å²) in [5.74, 6) is 0. The molecule has 0 aliphatic carbocycles. The molecule has 9 aromatic rings. The molecule has 0 radical (unpaired) electrons. The maximum atomic E-state index is 5.18. The first kappa shape index (κ1) is 32.0. The second kappa shape index (κ2) is 13.1. The Kier molecular flexibility index (Phi) is 7.49. The molecule has 0 amide bonds. The van der Waals surface area contributed by atoms with Gasteiger partial charge < -0.3 is 9.80 Å². The topological polar surface area (TPSA) is 19.4 Å². The Balaban J connectivity index is 1.14. The molecule has 0 spiro atoms. The van der Waals surface area contributed by atoms with Crippen LogP contribution < -0.4 is 9.80 Å². The Labute approximate surface area is 326 Å². The molecular weight excluding hydrogens is 679 g/mol. The summed E-state index contributed by atoms with van der Waals surface area (Å²) in [4.78, 5) is 9.97. The van der Waals surface area contributed by atoms with E-state index in [0.717, 1.165) is 67.3 Å². The lowest BCUT2D eigenvalue weighted by molar-refractivity contribution is 1.28. The first-order chi connectivity index (χ1) is 27.8. The minimum Gasteiger partial charge on any atom is -0.309 e. The van der Waals surface area contributed by atoms with Gasteiger partial charge in [-0.2, -0.15) is 0 Å². The van der Waals surface area contributed by atoms with Crippen molar-refractivity contribution < 1.29 is 0 Å². The molecule has 56 heavy (non-hydrogen) atoms.